The van der Waals surface area contributed by atoms with Crippen molar-refractivity contribution >= 4 is 48.2 Å². The lowest BCUT2D eigenvalue weighted by Crippen LogP contribution is -2.51. The van der Waals surface area contributed by atoms with Gasteiger partial charge in [-0.3, -0.25) is 50.6 Å². The first-order valence-corrected chi connectivity index (χ1v) is 15.0. The summed E-state index contributed by atoms with van der Waals surface area (Å²) >= 11 is 0. The van der Waals surface area contributed by atoms with Gasteiger partial charge in [-0.25, -0.2) is 38.4 Å². The molecule has 0 radical (unpaired) electrons. The predicted molar refractivity (Wildman–Crippen MR) is 149 cm³/mol. The van der Waals surface area contributed by atoms with Gasteiger partial charge in [0, 0.05) is 0 Å². The first kappa shape index (κ1) is 44.4. The van der Waals surface area contributed by atoms with E-state index in [-0.39, 0.29) is 17.9 Å². The van der Waals surface area contributed by atoms with Crippen molar-refractivity contribution in [2.75, 3.05) is 0 Å². The van der Waals surface area contributed by atoms with Crippen LogP contribution in [0, 0.1) is 17.5 Å². The molecule has 45 heavy (non-hydrogen) atoms. The lowest BCUT2D eigenvalue weighted by molar-refractivity contribution is -0.117. The molecule has 18 N–H and O–H groups in total. The molecule has 0 atom stereocenters. The van der Waals surface area contributed by atoms with Crippen LogP contribution >= 0.6 is 0 Å². The molecule has 3 aromatic rings. The van der Waals surface area contributed by atoms with Gasteiger partial charge in [0.2, 0.25) is 0 Å². The first-order valence-electron chi connectivity index (χ1n) is 10.7. The van der Waals surface area contributed by atoms with Crippen molar-refractivity contribution in [2.45, 2.75) is 14.7 Å². The largest absolute Gasteiger partial charge is 0.744 e. The van der Waals surface area contributed by atoms with Crippen LogP contribution in [-0.2, 0) is 30.4 Å². The lowest BCUT2D eigenvalue weighted by atomic mass is 10.4. The van der Waals surface area contributed by atoms with Crippen molar-refractivity contribution in [1.29, 1.82) is 0 Å². The number of nitrogens with two attached hydrogens (primary N) is 9. The number of hydrogen-bond acceptors (Lipinski definition) is 9. The Bertz CT molecular complexity index is 1480. The molecule has 0 aliphatic rings. The zero-order valence-corrected chi connectivity index (χ0v) is 25.1. The minimum atomic E-state index is -4.44. The summed E-state index contributed by atoms with van der Waals surface area (Å²) in [6.07, 6.45) is 0. The summed E-state index contributed by atoms with van der Waals surface area (Å²) in [4.78, 5) is -1.25. The monoisotopic (exact) mass is 705 g/mol. The third kappa shape index (κ3) is 28.9. The van der Waals surface area contributed by atoms with Crippen molar-refractivity contribution in [3.05, 3.63) is 90.2 Å². The Hall–Kier alpha value is -5.01. The Balaban J connectivity index is -0.000000500. The van der Waals surface area contributed by atoms with Gasteiger partial charge in [0.1, 0.15) is 47.8 Å². The number of halogens is 3. The van der Waals surface area contributed by atoms with E-state index in [4.69, 9.17) is 0 Å². The highest BCUT2D eigenvalue weighted by Crippen LogP contribution is 2.09. The molecule has 18 nitrogen and oxygen atoms in total. The molecule has 0 unspecified atom stereocenters. The van der Waals surface area contributed by atoms with E-state index >= 15 is 0 Å². The fourth-order valence-corrected chi connectivity index (χ4v) is 3.21. The fraction of sp³-hybridized carbons (Fsp3) is 0. The van der Waals surface area contributed by atoms with E-state index in [1.54, 1.807) is 0 Å². The molecule has 0 saturated carbocycles. The summed E-state index contributed by atoms with van der Waals surface area (Å²) in [6.45, 7) is 0. The minimum Gasteiger partial charge on any atom is -0.744 e. The quantitative estimate of drug-likeness (QED) is 0.0694. The Morgan fingerprint density at radius 1 is 0.422 bits per heavy atom. The standard InChI is InChI=1S/3C6H5FO3S.3CH5N3/c3*7-5-1-3-6(4-2-5)11(8,9)10;3*2-1(3)4/h3*1-4H,(H,8,9,10);3*(H5,2,3,4). The zero-order chi connectivity index (χ0) is 36.2. The van der Waals surface area contributed by atoms with Gasteiger partial charge in [0.05, 0.1) is 14.7 Å². The summed E-state index contributed by atoms with van der Waals surface area (Å²) in [5.74, 6) is -1.97. The van der Waals surface area contributed by atoms with Crippen LogP contribution in [0.3, 0.4) is 0 Å². The smallest absolute Gasteiger partial charge is 0.336 e. The molecule has 0 aliphatic carbocycles. The summed E-state index contributed by atoms with van der Waals surface area (Å²) in [5.41, 5.74) is 27.5. The normalized spacial score (nSPS) is 10.0. The van der Waals surface area contributed by atoms with Crippen molar-refractivity contribution in [1.82, 2.24) is 0 Å². The van der Waals surface area contributed by atoms with E-state index in [1.165, 1.54) is 0 Å². The summed E-state index contributed by atoms with van der Waals surface area (Å²) in [7, 11) is -13.3. The molecule has 0 fully saturated rings. The molecule has 252 valence electrons. The molecule has 0 heterocycles. The van der Waals surface area contributed by atoms with Crippen molar-refractivity contribution in [3.63, 3.8) is 0 Å². The van der Waals surface area contributed by atoms with Gasteiger partial charge >= 0.3 is 17.9 Å². The van der Waals surface area contributed by atoms with E-state index in [0.717, 1.165) is 72.8 Å². The number of guanidine groups is 3. The average molecular weight is 706 g/mol. The molecule has 0 spiro atoms. The minimum absolute atomic E-state index is 0.0833. The van der Waals surface area contributed by atoms with Gasteiger partial charge in [-0.15, -0.1) is 0 Å². The van der Waals surface area contributed by atoms with Gasteiger partial charge in [0.25, 0.3) is 0 Å². The second kappa shape index (κ2) is 20.8. The van der Waals surface area contributed by atoms with E-state index < -0.39 is 62.5 Å². The van der Waals surface area contributed by atoms with Gasteiger partial charge in [-0.2, -0.15) is 0 Å². The molecule has 0 bridgehead atoms. The van der Waals surface area contributed by atoms with E-state index in [0.29, 0.717) is 0 Å². The number of benzene rings is 3. The highest BCUT2D eigenvalue weighted by Gasteiger charge is 2.00. The molecule has 0 aromatic heterocycles. The van der Waals surface area contributed by atoms with Crippen molar-refractivity contribution in [2.24, 2.45) is 34.4 Å². The van der Waals surface area contributed by atoms with Gasteiger partial charge in [0.15, 0.2) is 0 Å². The Kier molecular flexibility index (Phi) is 20.6. The zero-order valence-electron chi connectivity index (χ0n) is 22.7. The average Bonchev–Trinajstić information content (AvgIpc) is 2.83. The van der Waals surface area contributed by atoms with Crippen LogP contribution in [0.2, 0.25) is 0 Å². The summed E-state index contributed by atoms with van der Waals surface area (Å²) in [6, 6.07) is 11.1. The third-order valence-corrected chi connectivity index (χ3v) is 5.86. The van der Waals surface area contributed by atoms with Crippen LogP contribution in [0.1, 0.15) is 0 Å². The molecular formula is C21H30F3N9O9S3. The molecule has 24 heteroatoms. The van der Waals surface area contributed by atoms with Crippen LogP contribution in [0.25, 0.3) is 0 Å². The summed E-state index contributed by atoms with van der Waals surface area (Å²) in [5, 5.41) is 13.8. The van der Waals surface area contributed by atoms with E-state index in [2.05, 4.69) is 50.6 Å². The van der Waals surface area contributed by atoms with E-state index in [1.807, 2.05) is 0 Å². The molecule has 0 saturated heterocycles. The fourth-order valence-electron chi connectivity index (χ4n) is 1.80. The molecule has 3 aromatic carbocycles. The van der Waals surface area contributed by atoms with Crippen LogP contribution in [0.15, 0.2) is 87.5 Å². The second-order valence-corrected chi connectivity index (χ2v) is 11.4. The van der Waals surface area contributed by atoms with Gasteiger partial charge in [-0.05, 0) is 72.8 Å². The number of rotatable bonds is 3. The predicted octanol–water partition coefficient (Wildman–Crippen LogP) is -6.75. The SMILES string of the molecule is NC(N)=[NH2+].NC(N)=[NH2+].NC(N)=[NH2+].O=S(=O)([O-])c1ccc(F)cc1.O=S(=O)([O-])c1ccc(F)cc1.O=S(=O)([O-])c1ccc(F)cc1. The third-order valence-electron chi connectivity index (χ3n) is 3.31. The van der Waals surface area contributed by atoms with Crippen LogP contribution < -0.4 is 50.6 Å². The lowest BCUT2D eigenvalue weighted by Gasteiger charge is -2.04. The maximum absolute atomic E-state index is 12.2. The van der Waals surface area contributed by atoms with Crippen LogP contribution in [0.5, 0.6) is 0 Å². The molecule has 0 amide bonds. The Morgan fingerprint density at radius 3 is 0.622 bits per heavy atom. The number of hydrogen-bond donors (Lipinski definition) is 9. The first-order chi connectivity index (χ1) is 20.2. The maximum Gasteiger partial charge on any atom is 0.336 e. The highest BCUT2D eigenvalue weighted by atomic mass is 32.2. The van der Waals surface area contributed by atoms with Crippen molar-refractivity contribution in [3.8, 4) is 0 Å². The molecule has 0 aliphatic heterocycles. The Morgan fingerprint density at radius 2 is 0.533 bits per heavy atom. The van der Waals surface area contributed by atoms with E-state index in [9.17, 15) is 52.1 Å². The van der Waals surface area contributed by atoms with Crippen molar-refractivity contribution < 1.29 is 68.3 Å². The molecular weight excluding hydrogens is 675 g/mol. The second-order valence-electron chi connectivity index (χ2n) is 7.22. The molecule has 3 rings (SSSR count). The highest BCUT2D eigenvalue weighted by molar-refractivity contribution is 7.86. The summed E-state index contributed by atoms with van der Waals surface area (Å²) < 4.78 is 129. The van der Waals surface area contributed by atoms with Gasteiger partial charge in [-0.1, -0.05) is 0 Å². The Labute approximate surface area is 255 Å². The van der Waals surface area contributed by atoms with Gasteiger partial charge < -0.3 is 13.7 Å². The van der Waals surface area contributed by atoms with Crippen LogP contribution in [0.4, 0.5) is 13.2 Å². The topological polar surface area (TPSA) is 404 Å². The van der Waals surface area contributed by atoms with Crippen LogP contribution in [-0.4, -0.2) is 56.8 Å². The maximum atomic E-state index is 12.2.